The van der Waals surface area contributed by atoms with Gasteiger partial charge in [0.25, 0.3) is 0 Å². The quantitative estimate of drug-likeness (QED) is 0.144. The molecule has 0 saturated heterocycles. The van der Waals surface area contributed by atoms with E-state index in [1.807, 2.05) is 6.20 Å². The van der Waals surface area contributed by atoms with Crippen LogP contribution < -0.4 is 0 Å². The third-order valence-electron chi connectivity index (χ3n) is 14.6. The zero-order valence-corrected chi connectivity index (χ0v) is 41.6. The summed E-state index contributed by atoms with van der Waals surface area (Å²) in [6.07, 6.45) is 21.5. The molecule has 2 atom stereocenters. The van der Waals surface area contributed by atoms with Crippen LogP contribution in [0.1, 0.15) is 36.1 Å². The fraction of sp³-hybridized carbons (Fsp3) is 0.0571. The average molecular weight is 966 g/mol. The molecular weight excluding hydrogens is 915 g/mol. The van der Waals surface area contributed by atoms with Crippen LogP contribution in [0, 0.1) is 0 Å². The van der Waals surface area contributed by atoms with E-state index in [1.54, 1.807) is 11.3 Å². The predicted molar refractivity (Wildman–Crippen MR) is 313 cm³/mol. The minimum Gasteiger partial charge on any atom is -0.307 e. The van der Waals surface area contributed by atoms with Crippen LogP contribution >= 0.6 is 11.3 Å². The molecule has 2 unspecified atom stereocenters. The van der Waals surface area contributed by atoms with E-state index < -0.39 is 0 Å². The second-order valence-electron chi connectivity index (χ2n) is 19.2. The van der Waals surface area contributed by atoms with Crippen molar-refractivity contribution < 1.29 is 0 Å². The van der Waals surface area contributed by atoms with E-state index >= 15 is 0 Å². The molecule has 2 heterocycles. The van der Waals surface area contributed by atoms with Crippen LogP contribution in [0.5, 0.6) is 0 Å². The van der Waals surface area contributed by atoms with Crippen molar-refractivity contribution in [1.29, 1.82) is 0 Å². The van der Waals surface area contributed by atoms with Gasteiger partial charge in [0, 0.05) is 66.5 Å². The summed E-state index contributed by atoms with van der Waals surface area (Å²) in [5, 5.41) is 5.72. The first-order chi connectivity index (χ1) is 36.7. The van der Waals surface area contributed by atoms with Crippen molar-refractivity contribution >= 4 is 43.2 Å². The summed E-state index contributed by atoms with van der Waals surface area (Å²) in [4.78, 5) is 10.8. The smallest absolute Gasteiger partial charge is 0.136 e. The van der Waals surface area contributed by atoms with Gasteiger partial charge in [-0.05, 0) is 99.8 Å². The third kappa shape index (κ3) is 8.59. The van der Waals surface area contributed by atoms with Crippen LogP contribution in [-0.4, -0.2) is 14.5 Å². The van der Waals surface area contributed by atoms with Crippen molar-refractivity contribution in [2.24, 2.45) is 0 Å². The fourth-order valence-corrected chi connectivity index (χ4v) is 11.8. The molecule has 0 N–H and O–H groups in total. The molecule has 352 valence electrons. The third-order valence-corrected chi connectivity index (χ3v) is 15.5. The first kappa shape index (κ1) is 44.9. The Balaban J connectivity index is 1.22. The van der Waals surface area contributed by atoms with E-state index in [1.165, 1.54) is 49.7 Å². The van der Waals surface area contributed by atoms with Gasteiger partial charge in [-0.15, -0.1) is 11.3 Å². The maximum atomic E-state index is 5.61. The zero-order chi connectivity index (χ0) is 49.2. The molecule has 9 aromatic carbocycles. The van der Waals surface area contributed by atoms with Crippen molar-refractivity contribution in [3.05, 3.63) is 284 Å². The number of hydrogen-bond acceptors (Lipinski definition) is 3. The van der Waals surface area contributed by atoms with Crippen LogP contribution in [0.2, 0.25) is 0 Å². The van der Waals surface area contributed by atoms with Crippen molar-refractivity contribution in [1.82, 2.24) is 14.5 Å². The summed E-state index contributed by atoms with van der Waals surface area (Å²) < 4.78 is 3.80. The molecule has 0 radical (unpaired) electrons. The molecule has 0 saturated carbocycles. The lowest BCUT2D eigenvalue weighted by atomic mass is 9.85. The zero-order valence-electron chi connectivity index (χ0n) is 40.8. The van der Waals surface area contributed by atoms with Gasteiger partial charge in [-0.2, -0.15) is 0 Å². The molecule has 4 heteroatoms. The van der Waals surface area contributed by atoms with Gasteiger partial charge in [0.1, 0.15) is 5.82 Å². The first-order valence-electron chi connectivity index (χ1n) is 25.6. The molecule has 13 rings (SSSR count). The molecule has 0 fully saturated rings. The van der Waals surface area contributed by atoms with Gasteiger partial charge in [-0.25, -0.2) is 9.97 Å². The van der Waals surface area contributed by atoms with Crippen molar-refractivity contribution in [2.75, 3.05) is 0 Å². The van der Waals surface area contributed by atoms with Gasteiger partial charge >= 0.3 is 0 Å². The molecule has 74 heavy (non-hydrogen) atoms. The van der Waals surface area contributed by atoms with Gasteiger partial charge in [0.05, 0.1) is 22.4 Å². The highest BCUT2D eigenvalue weighted by atomic mass is 32.1. The highest BCUT2D eigenvalue weighted by molar-refractivity contribution is 7.16. The largest absolute Gasteiger partial charge is 0.307 e. The SMILES string of the molecule is C1=CCC(c2ncc3ccccc3scc(-c3cc(-c4ccccc4)c(-n4c5c(-c6ccccc6)cc(-c6ccccc6)cc5c5cc(-c6ccccc6)cc(-c6ccccc6)c54)c(C4C=CC=CC4)c3)n2)C=C1. The highest BCUT2D eigenvalue weighted by Gasteiger charge is 2.29. The normalized spacial score (nSPS) is 15.0. The summed E-state index contributed by atoms with van der Waals surface area (Å²) in [6.45, 7) is 0. The van der Waals surface area contributed by atoms with Crippen molar-refractivity contribution in [3.8, 4) is 72.6 Å². The first-order valence-corrected chi connectivity index (χ1v) is 26.5. The molecule has 2 aromatic heterocycles. The molecule has 0 spiro atoms. The van der Waals surface area contributed by atoms with E-state index in [9.17, 15) is 0 Å². The average Bonchev–Trinajstić information content (AvgIpc) is 3.86. The molecule has 3 nitrogen and oxygen atoms in total. The molecule has 2 aliphatic rings. The molecule has 0 bridgehead atoms. The number of fused-ring (bicyclic) bond motifs is 4. The Morgan fingerprint density at radius 3 is 1.42 bits per heavy atom. The standard InChI is InChI=1S/C70H51N3S/c1-8-24-48(25-9-1)56-40-59(50-28-12-3-13-29-50)68-63(42-56)64-43-57(49-26-10-2-11-27-49)41-60(51-30-14-4-15-31-51)69(64)73(68)67-61(52-32-16-5-17-33-52)44-58(45-62(67)53-34-18-6-19-35-53)65-47-74-66-39-23-22-38-55(66)46-71-70(72-65)54-36-20-7-21-37-54/h1-34,36,38-47,53-54H,35,37H2. The van der Waals surface area contributed by atoms with Gasteiger partial charge < -0.3 is 4.57 Å². The van der Waals surface area contributed by atoms with Crippen LogP contribution in [0.25, 0.3) is 104 Å². The van der Waals surface area contributed by atoms with Crippen LogP contribution in [0.15, 0.2) is 273 Å². The van der Waals surface area contributed by atoms with Gasteiger partial charge in [0.2, 0.25) is 0 Å². The van der Waals surface area contributed by atoms with Crippen LogP contribution in [0.4, 0.5) is 0 Å². The lowest BCUT2D eigenvalue weighted by Gasteiger charge is -2.26. The molecule has 0 aliphatic heterocycles. The summed E-state index contributed by atoms with van der Waals surface area (Å²) in [6, 6.07) is 77.8. The molecule has 11 aromatic rings. The summed E-state index contributed by atoms with van der Waals surface area (Å²) in [7, 11) is 0. The van der Waals surface area contributed by atoms with Crippen LogP contribution in [-0.2, 0) is 0 Å². The Hall–Kier alpha value is -8.96. The fourth-order valence-electron chi connectivity index (χ4n) is 11.0. The van der Waals surface area contributed by atoms with E-state index in [0.717, 1.165) is 79.0 Å². The number of rotatable bonds is 9. The second-order valence-corrected chi connectivity index (χ2v) is 20.1. The maximum absolute atomic E-state index is 5.61. The second kappa shape index (κ2) is 19.9. The molecule has 0 amide bonds. The Labute approximate surface area is 436 Å². The summed E-state index contributed by atoms with van der Waals surface area (Å²) in [5.74, 6) is 0.892. The van der Waals surface area contributed by atoms with Crippen molar-refractivity contribution in [2.45, 2.75) is 24.7 Å². The maximum Gasteiger partial charge on any atom is 0.136 e. The Morgan fingerprint density at radius 2 is 0.892 bits per heavy atom. The number of benzene rings is 9. The Bertz CT molecular complexity index is 3910. The Morgan fingerprint density at radius 1 is 0.419 bits per heavy atom. The summed E-state index contributed by atoms with van der Waals surface area (Å²) >= 11 is 1.71. The Kier molecular flexibility index (Phi) is 12.1. The van der Waals surface area contributed by atoms with Crippen molar-refractivity contribution in [3.63, 3.8) is 0 Å². The highest BCUT2D eigenvalue weighted by Crippen LogP contribution is 2.50. The van der Waals surface area contributed by atoms with E-state index in [2.05, 4.69) is 271 Å². The number of allylic oxidation sites excluding steroid dienone is 8. The topological polar surface area (TPSA) is 30.7 Å². The predicted octanol–water partition coefficient (Wildman–Crippen LogP) is 19.1. The number of hydrogen-bond donors (Lipinski definition) is 0. The molecule has 2 aliphatic carbocycles. The lowest BCUT2D eigenvalue weighted by molar-refractivity contribution is 0.779. The summed E-state index contributed by atoms with van der Waals surface area (Å²) in [5.41, 5.74) is 18.3. The lowest BCUT2D eigenvalue weighted by Crippen LogP contribution is -2.09. The van der Waals surface area contributed by atoms with E-state index in [4.69, 9.17) is 9.97 Å². The number of aromatic nitrogens is 3. The van der Waals surface area contributed by atoms with Gasteiger partial charge in [-0.1, -0.05) is 218 Å². The van der Waals surface area contributed by atoms with Gasteiger partial charge in [0.15, 0.2) is 0 Å². The van der Waals surface area contributed by atoms with E-state index in [-0.39, 0.29) is 11.8 Å². The minimum absolute atomic E-state index is 0.0423. The van der Waals surface area contributed by atoms with E-state index in [0.29, 0.717) is 0 Å². The monoisotopic (exact) mass is 965 g/mol. The van der Waals surface area contributed by atoms with Crippen LogP contribution in [0.3, 0.4) is 0 Å². The van der Waals surface area contributed by atoms with Gasteiger partial charge in [-0.3, -0.25) is 0 Å². The minimum atomic E-state index is 0.0423. The molecular formula is C70H51N3S. The number of nitrogens with zero attached hydrogens (tertiary/aromatic N) is 3.